The first-order valence-corrected chi connectivity index (χ1v) is 7.92. The number of likely N-dealkylation sites (N-methyl/N-ethyl adjacent to an activating group) is 1. The topological polar surface area (TPSA) is 43.9 Å². The summed E-state index contributed by atoms with van der Waals surface area (Å²) in [7, 11) is 2.12. The molecule has 112 valence electrons. The Bertz CT molecular complexity index is 582. The summed E-state index contributed by atoms with van der Waals surface area (Å²) in [6.07, 6.45) is 0. The zero-order valence-corrected chi connectivity index (χ0v) is 13.6. The van der Waals surface area contributed by atoms with Gasteiger partial charge in [0.15, 0.2) is 0 Å². The molecule has 0 aliphatic carbocycles. The van der Waals surface area contributed by atoms with E-state index in [-0.39, 0.29) is 0 Å². The van der Waals surface area contributed by atoms with Gasteiger partial charge in [-0.1, -0.05) is 15.9 Å². The standard InChI is InChI=1S/C15H18BrN3O2/c1-17-4-6-18(7-5-17)8-9-19-13-10-11(16)2-3-12(13)14(20)15(19)21/h2-3,10H,4-9H2,1H3. The lowest BCUT2D eigenvalue weighted by Crippen LogP contribution is -2.47. The maximum atomic E-state index is 12.1. The van der Waals surface area contributed by atoms with Crippen LogP contribution in [0.15, 0.2) is 22.7 Å². The lowest BCUT2D eigenvalue weighted by Gasteiger charge is -2.33. The fourth-order valence-electron chi connectivity index (χ4n) is 2.80. The van der Waals surface area contributed by atoms with Crippen LogP contribution in [0, 0.1) is 0 Å². The average Bonchev–Trinajstić information content (AvgIpc) is 2.70. The maximum absolute atomic E-state index is 12.1. The molecular weight excluding hydrogens is 334 g/mol. The molecule has 0 spiro atoms. The number of ketones is 1. The number of carbonyl (C=O) groups excluding carboxylic acids is 2. The van der Waals surface area contributed by atoms with Crippen LogP contribution in [0.5, 0.6) is 0 Å². The highest BCUT2D eigenvalue weighted by Crippen LogP contribution is 2.31. The Morgan fingerprint density at radius 2 is 1.81 bits per heavy atom. The summed E-state index contributed by atoms with van der Waals surface area (Å²) in [4.78, 5) is 30.4. The molecule has 2 aliphatic heterocycles. The van der Waals surface area contributed by atoms with Gasteiger partial charge in [-0.2, -0.15) is 0 Å². The molecule has 1 fully saturated rings. The van der Waals surface area contributed by atoms with Gasteiger partial charge in [0.2, 0.25) is 0 Å². The second-order valence-electron chi connectivity index (χ2n) is 5.59. The fourth-order valence-corrected chi connectivity index (χ4v) is 3.15. The second-order valence-corrected chi connectivity index (χ2v) is 6.51. The quantitative estimate of drug-likeness (QED) is 0.768. The SMILES string of the molecule is CN1CCN(CCN2C(=O)C(=O)c3ccc(Br)cc32)CC1. The predicted molar refractivity (Wildman–Crippen MR) is 84.8 cm³/mol. The van der Waals surface area contributed by atoms with Gasteiger partial charge in [0.1, 0.15) is 0 Å². The molecule has 5 nitrogen and oxygen atoms in total. The highest BCUT2D eigenvalue weighted by molar-refractivity contribution is 9.10. The Morgan fingerprint density at radius 1 is 1.10 bits per heavy atom. The number of hydrogen-bond donors (Lipinski definition) is 0. The Hall–Kier alpha value is -1.24. The summed E-state index contributed by atoms with van der Waals surface area (Å²) in [5.74, 6) is -0.798. The van der Waals surface area contributed by atoms with Gasteiger partial charge in [-0.15, -0.1) is 0 Å². The number of anilines is 1. The van der Waals surface area contributed by atoms with Crippen LogP contribution < -0.4 is 4.90 Å². The summed E-state index contributed by atoms with van der Waals surface area (Å²) in [6, 6.07) is 5.37. The van der Waals surface area contributed by atoms with Crippen molar-refractivity contribution in [2.75, 3.05) is 51.2 Å². The normalized spacial score (nSPS) is 20.2. The van der Waals surface area contributed by atoms with E-state index in [0.29, 0.717) is 12.1 Å². The fraction of sp³-hybridized carbons (Fsp3) is 0.467. The van der Waals surface area contributed by atoms with Crippen molar-refractivity contribution in [2.45, 2.75) is 0 Å². The summed E-state index contributed by atoms with van der Waals surface area (Å²) in [6.45, 7) is 5.50. The van der Waals surface area contributed by atoms with E-state index < -0.39 is 11.7 Å². The molecule has 0 unspecified atom stereocenters. The van der Waals surface area contributed by atoms with E-state index in [1.165, 1.54) is 0 Å². The molecule has 1 saturated heterocycles. The van der Waals surface area contributed by atoms with E-state index in [0.717, 1.165) is 42.9 Å². The number of carbonyl (C=O) groups is 2. The van der Waals surface area contributed by atoms with Crippen molar-refractivity contribution in [3.05, 3.63) is 28.2 Å². The average molecular weight is 352 g/mol. The van der Waals surface area contributed by atoms with Crippen molar-refractivity contribution in [2.24, 2.45) is 0 Å². The number of fused-ring (bicyclic) bond motifs is 1. The summed E-state index contributed by atoms with van der Waals surface area (Å²) in [5.41, 5.74) is 1.25. The Balaban J connectivity index is 1.70. The third-order valence-corrected chi connectivity index (χ3v) is 4.66. The molecular formula is C15H18BrN3O2. The minimum Gasteiger partial charge on any atom is -0.304 e. The van der Waals surface area contributed by atoms with Crippen molar-refractivity contribution >= 4 is 33.3 Å². The summed E-state index contributed by atoms with van der Waals surface area (Å²) in [5, 5.41) is 0. The number of benzene rings is 1. The van der Waals surface area contributed by atoms with Gasteiger partial charge in [-0.05, 0) is 25.2 Å². The van der Waals surface area contributed by atoms with Crippen molar-refractivity contribution in [1.29, 1.82) is 0 Å². The van der Waals surface area contributed by atoms with Crippen LogP contribution in [0.25, 0.3) is 0 Å². The van der Waals surface area contributed by atoms with E-state index in [1.807, 2.05) is 6.07 Å². The zero-order valence-electron chi connectivity index (χ0n) is 12.0. The molecule has 0 aromatic heterocycles. The molecule has 3 rings (SSSR count). The van der Waals surface area contributed by atoms with Gasteiger partial charge in [0.25, 0.3) is 11.7 Å². The van der Waals surface area contributed by atoms with Gasteiger partial charge in [-0.25, -0.2) is 0 Å². The van der Waals surface area contributed by atoms with E-state index in [4.69, 9.17) is 0 Å². The monoisotopic (exact) mass is 351 g/mol. The number of amides is 1. The zero-order chi connectivity index (χ0) is 15.0. The van der Waals surface area contributed by atoms with E-state index in [1.54, 1.807) is 17.0 Å². The van der Waals surface area contributed by atoms with Gasteiger partial charge < -0.3 is 9.80 Å². The highest BCUT2D eigenvalue weighted by Gasteiger charge is 2.35. The molecule has 1 aromatic rings. The Morgan fingerprint density at radius 3 is 2.52 bits per heavy atom. The molecule has 21 heavy (non-hydrogen) atoms. The molecule has 2 heterocycles. The summed E-state index contributed by atoms with van der Waals surface area (Å²) < 4.78 is 0.883. The highest BCUT2D eigenvalue weighted by atomic mass is 79.9. The first-order valence-electron chi connectivity index (χ1n) is 7.13. The molecule has 0 atom stereocenters. The van der Waals surface area contributed by atoms with Crippen LogP contribution in [0.3, 0.4) is 0 Å². The number of nitrogens with zero attached hydrogens (tertiary/aromatic N) is 3. The largest absolute Gasteiger partial charge is 0.304 e. The van der Waals surface area contributed by atoms with Crippen LogP contribution in [0.1, 0.15) is 10.4 Å². The molecule has 1 amide bonds. The number of halogens is 1. The van der Waals surface area contributed by atoms with E-state index >= 15 is 0 Å². The maximum Gasteiger partial charge on any atom is 0.299 e. The minimum absolute atomic E-state index is 0.393. The molecule has 0 bridgehead atoms. The molecule has 1 aromatic carbocycles. The van der Waals surface area contributed by atoms with Crippen molar-refractivity contribution in [1.82, 2.24) is 9.80 Å². The van der Waals surface area contributed by atoms with E-state index in [2.05, 4.69) is 32.8 Å². The minimum atomic E-state index is -0.405. The Kier molecular flexibility index (Phi) is 4.10. The van der Waals surface area contributed by atoms with Crippen molar-refractivity contribution in [3.63, 3.8) is 0 Å². The van der Waals surface area contributed by atoms with Gasteiger partial charge in [0.05, 0.1) is 11.3 Å². The molecule has 2 aliphatic rings. The van der Waals surface area contributed by atoms with Crippen molar-refractivity contribution in [3.8, 4) is 0 Å². The lowest BCUT2D eigenvalue weighted by atomic mass is 10.1. The first-order chi connectivity index (χ1) is 10.1. The van der Waals surface area contributed by atoms with Crippen molar-refractivity contribution < 1.29 is 9.59 Å². The summed E-state index contributed by atoms with van der Waals surface area (Å²) >= 11 is 3.40. The van der Waals surface area contributed by atoms with Crippen LogP contribution in [0.4, 0.5) is 5.69 Å². The third kappa shape index (κ3) is 2.88. The first kappa shape index (κ1) is 14.7. The van der Waals surface area contributed by atoms with Gasteiger partial charge >= 0.3 is 0 Å². The molecule has 6 heteroatoms. The number of rotatable bonds is 3. The van der Waals surface area contributed by atoms with Gasteiger partial charge in [-0.3, -0.25) is 14.5 Å². The number of Topliss-reactive ketones (excluding diaryl/α,β-unsaturated/α-hetero) is 1. The van der Waals surface area contributed by atoms with Crippen LogP contribution in [0.2, 0.25) is 0 Å². The lowest BCUT2D eigenvalue weighted by molar-refractivity contribution is -0.114. The van der Waals surface area contributed by atoms with Crippen LogP contribution in [-0.2, 0) is 4.79 Å². The van der Waals surface area contributed by atoms with E-state index in [9.17, 15) is 9.59 Å². The second kappa shape index (κ2) is 5.87. The van der Waals surface area contributed by atoms with Crippen LogP contribution in [-0.4, -0.2) is 67.8 Å². The third-order valence-electron chi connectivity index (χ3n) is 4.17. The Labute approximate surface area is 132 Å². The number of piperazine rings is 1. The molecule has 0 saturated carbocycles. The van der Waals surface area contributed by atoms with Crippen LogP contribution >= 0.6 is 15.9 Å². The molecule has 0 radical (unpaired) electrons. The smallest absolute Gasteiger partial charge is 0.299 e. The molecule has 0 N–H and O–H groups in total. The van der Waals surface area contributed by atoms with Gasteiger partial charge in [0, 0.05) is 43.7 Å². The number of hydrogen-bond acceptors (Lipinski definition) is 4. The predicted octanol–water partition coefficient (Wildman–Crippen LogP) is 1.23.